The smallest absolute Gasteiger partial charge is 0.262 e. The average Bonchev–Trinajstić information content (AvgIpc) is 3.54. The summed E-state index contributed by atoms with van der Waals surface area (Å²) < 4.78 is 0.846. The molecule has 1 atom stereocenters. The maximum absolute atomic E-state index is 13.1. The molecule has 0 bridgehead atoms. The zero-order valence-corrected chi connectivity index (χ0v) is 20.6. The van der Waals surface area contributed by atoms with Crippen LogP contribution in [0, 0.1) is 6.92 Å². The van der Waals surface area contributed by atoms with Gasteiger partial charge in [-0.15, -0.1) is 11.3 Å². The van der Waals surface area contributed by atoms with Crippen LogP contribution in [-0.4, -0.2) is 35.7 Å². The van der Waals surface area contributed by atoms with Crippen LogP contribution >= 0.6 is 38.6 Å². The van der Waals surface area contributed by atoms with Crippen molar-refractivity contribution in [3.8, 4) is 0 Å². The lowest BCUT2D eigenvalue weighted by molar-refractivity contribution is -0.118. The minimum atomic E-state index is -0.833. The van der Waals surface area contributed by atoms with E-state index >= 15 is 0 Å². The van der Waals surface area contributed by atoms with Crippen molar-refractivity contribution in [3.63, 3.8) is 0 Å². The highest BCUT2D eigenvalue weighted by molar-refractivity contribution is 9.11. The molecule has 1 aromatic carbocycles. The van der Waals surface area contributed by atoms with E-state index in [0.717, 1.165) is 35.3 Å². The van der Waals surface area contributed by atoms with Crippen LogP contribution in [0.5, 0.6) is 0 Å². The van der Waals surface area contributed by atoms with E-state index in [0.29, 0.717) is 21.7 Å². The van der Waals surface area contributed by atoms with Crippen molar-refractivity contribution >= 4 is 62.0 Å². The Bertz CT molecular complexity index is 1140. The Kier molecular flexibility index (Phi) is 7.07. The topological polar surface area (TPSA) is 78.5 Å². The first-order valence-electron chi connectivity index (χ1n) is 10.2. The number of halogens is 1. The van der Waals surface area contributed by atoms with E-state index in [4.69, 9.17) is 0 Å². The van der Waals surface area contributed by atoms with Crippen molar-refractivity contribution in [2.75, 3.05) is 18.4 Å². The van der Waals surface area contributed by atoms with Crippen molar-refractivity contribution < 1.29 is 14.4 Å². The van der Waals surface area contributed by atoms with Crippen molar-refractivity contribution in [1.82, 2.24) is 10.2 Å². The molecule has 0 saturated carbocycles. The third-order valence-electron chi connectivity index (χ3n) is 5.33. The molecule has 0 aliphatic carbocycles. The molecule has 1 fully saturated rings. The second-order valence-electron chi connectivity index (χ2n) is 7.59. The molecule has 9 heteroatoms. The molecular weight excluding hydrogens is 510 g/mol. The van der Waals surface area contributed by atoms with Crippen LogP contribution < -0.4 is 10.6 Å². The standard InChI is InChI=1S/C23H22BrN3O3S2/c1-14-12-16(4-5-17(14)23(30)27-9-2-3-10-27)25-22(29)20(15-8-11-31-13-15)26-21(28)18-6-7-19(24)32-18/h4-8,11-13,20H,2-3,9-10H2,1H3,(H,25,29)(H,26,28). The second-order valence-corrected chi connectivity index (χ2v) is 10.8. The molecule has 1 saturated heterocycles. The zero-order valence-electron chi connectivity index (χ0n) is 17.4. The van der Waals surface area contributed by atoms with E-state index in [-0.39, 0.29) is 17.7 Å². The number of hydrogen-bond acceptors (Lipinski definition) is 5. The van der Waals surface area contributed by atoms with Gasteiger partial charge in [-0.2, -0.15) is 11.3 Å². The maximum atomic E-state index is 13.1. The van der Waals surface area contributed by atoms with Gasteiger partial charge in [-0.1, -0.05) is 0 Å². The monoisotopic (exact) mass is 531 g/mol. The summed E-state index contributed by atoms with van der Waals surface area (Å²) in [5.74, 6) is -0.622. The number of amides is 3. The minimum absolute atomic E-state index is 0.0309. The number of nitrogens with one attached hydrogen (secondary N) is 2. The number of nitrogens with zero attached hydrogens (tertiary/aromatic N) is 1. The molecule has 2 aromatic heterocycles. The summed E-state index contributed by atoms with van der Waals surface area (Å²) in [5.41, 5.74) is 2.75. The van der Waals surface area contributed by atoms with Gasteiger partial charge in [0.2, 0.25) is 0 Å². The van der Waals surface area contributed by atoms with Gasteiger partial charge in [0.15, 0.2) is 0 Å². The SMILES string of the molecule is Cc1cc(NC(=O)C(NC(=O)c2ccc(Br)s2)c2ccsc2)ccc1C(=O)N1CCCC1. The Morgan fingerprint density at radius 3 is 2.50 bits per heavy atom. The summed E-state index contributed by atoms with van der Waals surface area (Å²) in [7, 11) is 0. The largest absolute Gasteiger partial charge is 0.339 e. The second kappa shape index (κ2) is 9.97. The molecule has 6 nitrogen and oxygen atoms in total. The van der Waals surface area contributed by atoms with E-state index in [9.17, 15) is 14.4 Å². The lowest BCUT2D eigenvalue weighted by atomic mass is 10.1. The summed E-state index contributed by atoms with van der Waals surface area (Å²) >= 11 is 6.12. The predicted molar refractivity (Wildman–Crippen MR) is 131 cm³/mol. The van der Waals surface area contributed by atoms with Gasteiger partial charge in [-0.3, -0.25) is 14.4 Å². The fraction of sp³-hybridized carbons (Fsp3) is 0.261. The molecule has 1 aliphatic heterocycles. The van der Waals surface area contributed by atoms with Crippen molar-refractivity contribution in [3.05, 3.63) is 72.5 Å². The predicted octanol–water partition coefficient (Wildman–Crippen LogP) is 5.23. The summed E-state index contributed by atoms with van der Waals surface area (Å²) in [6.07, 6.45) is 2.08. The van der Waals surface area contributed by atoms with Crippen LogP contribution in [0.25, 0.3) is 0 Å². The summed E-state index contributed by atoms with van der Waals surface area (Å²) in [6.45, 7) is 3.45. The van der Waals surface area contributed by atoms with Gasteiger partial charge in [0, 0.05) is 24.3 Å². The summed E-state index contributed by atoms with van der Waals surface area (Å²) in [6, 6.07) is 9.79. The Morgan fingerprint density at radius 1 is 1.09 bits per heavy atom. The fourth-order valence-electron chi connectivity index (χ4n) is 3.66. The first-order valence-corrected chi connectivity index (χ1v) is 12.8. The van der Waals surface area contributed by atoms with Gasteiger partial charge in [0.25, 0.3) is 17.7 Å². The van der Waals surface area contributed by atoms with Crippen LogP contribution in [-0.2, 0) is 4.79 Å². The third kappa shape index (κ3) is 5.11. The maximum Gasteiger partial charge on any atom is 0.262 e. The molecule has 2 N–H and O–H groups in total. The van der Waals surface area contributed by atoms with E-state index in [1.165, 1.54) is 22.7 Å². The quantitative estimate of drug-likeness (QED) is 0.457. The molecule has 3 aromatic rings. The molecule has 1 unspecified atom stereocenters. The molecule has 3 heterocycles. The van der Waals surface area contributed by atoms with Crippen LogP contribution in [0.15, 0.2) is 50.9 Å². The highest BCUT2D eigenvalue weighted by atomic mass is 79.9. The Balaban J connectivity index is 1.50. The number of aryl methyl sites for hydroxylation is 1. The minimum Gasteiger partial charge on any atom is -0.339 e. The highest BCUT2D eigenvalue weighted by Gasteiger charge is 2.25. The Labute approximate surface area is 202 Å². The van der Waals surface area contributed by atoms with E-state index in [2.05, 4.69) is 26.6 Å². The highest BCUT2D eigenvalue weighted by Crippen LogP contribution is 2.25. The number of thiophene rings is 2. The van der Waals surface area contributed by atoms with Crippen molar-refractivity contribution in [2.45, 2.75) is 25.8 Å². The molecule has 0 radical (unpaired) electrons. The number of carbonyl (C=O) groups is 3. The van der Waals surface area contributed by atoms with E-state index in [1.807, 2.05) is 28.7 Å². The van der Waals surface area contributed by atoms with Gasteiger partial charge >= 0.3 is 0 Å². The number of likely N-dealkylation sites (tertiary alicyclic amines) is 1. The molecule has 166 valence electrons. The summed E-state index contributed by atoms with van der Waals surface area (Å²) in [5, 5.41) is 9.44. The lowest BCUT2D eigenvalue weighted by Gasteiger charge is -2.19. The number of anilines is 1. The van der Waals surface area contributed by atoms with Gasteiger partial charge < -0.3 is 15.5 Å². The number of carbonyl (C=O) groups excluding carboxylic acids is 3. The van der Waals surface area contributed by atoms with Crippen molar-refractivity contribution in [1.29, 1.82) is 0 Å². The van der Waals surface area contributed by atoms with E-state index in [1.54, 1.807) is 30.3 Å². The van der Waals surface area contributed by atoms with Gasteiger partial charge in [-0.25, -0.2) is 0 Å². The van der Waals surface area contributed by atoms with Crippen molar-refractivity contribution in [2.24, 2.45) is 0 Å². The first kappa shape index (κ1) is 22.7. The lowest BCUT2D eigenvalue weighted by Crippen LogP contribution is -2.36. The van der Waals surface area contributed by atoms with Crippen LogP contribution in [0.4, 0.5) is 5.69 Å². The Morgan fingerprint density at radius 2 is 1.88 bits per heavy atom. The van der Waals surface area contributed by atoms with Gasteiger partial charge in [0.1, 0.15) is 6.04 Å². The van der Waals surface area contributed by atoms with Crippen LogP contribution in [0.1, 0.15) is 50.0 Å². The Hall–Kier alpha value is -2.49. The van der Waals surface area contributed by atoms with Crippen LogP contribution in [0.3, 0.4) is 0 Å². The molecule has 3 amide bonds. The molecule has 1 aliphatic rings. The van der Waals surface area contributed by atoms with Gasteiger partial charge in [0.05, 0.1) is 8.66 Å². The first-order chi connectivity index (χ1) is 15.4. The third-order valence-corrected chi connectivity index (χ3v) is 7.65. The fourth-order valence-corrected chi connectivity index (χ4v) is 5.64. The average molecular weight is 532 g/mol. The molecule has 0 spiro atoms. The zero-order chi connectivity index (χ0) is 22.7. The van der Waals surface area contributed by atoms with E-state index < -0.39 is 6.04 Å². The normalized spacial score (nSPS) is 14.2. The number of benzene rings is 1. The summed E-state index contributed by atoms with van der Waals surface area (Å²) in [4.78, 5) is 40.9. The number of hydrogen-bond donors (Lipinski definition) is 2. The van der Waals surface area contributed by atoms with Gasteiger partial charge in [-0.05, 0) is 94.0 Å². The molecule has 32 heavy (non-hydrogen) atoms. The molecular formula is C23H22BrN3O3S2. The molecule has 4 rings (SSSR count). The van der Waals surface area contributed by atoms with Crippen LogP contribution in [0.2, 0.25) is 0 Å². The number of rotatable bonds is 6.